The van der Waals surface area contributed by atoms with Crippen LogP contribution in [0.1, 0.15) is 18.5 Å². The summed E-state index contributed by atoms with van der Waals surface area (Å²) in [5, 5.41) is 3.64. The Morgan fingerprint density at radius 3 is 2.76 bits per heavy atom. The lowest BCUT2D eigenvalue weighted by Crippen LogP contribution is -2.52. The SMILES string of the molecule is C[C@@H]1O[C@@H]2COC[C@H]2N[C@H]1c1ccc(Br)cc1. The first-order chi connectivity index (χ1) is 8.24. The van der Waals surface area contributed by atoms with Gasteiger partial charge in [0.15, 0.2) is 0 Å². The van der Waals surface area contributed by atoms with Gasteiger partial charge in [0.2, 0.25) is 0 Å². The standard InChI is InChI=1S/C13H16BrNO2/c1-8-13(9-2-4-10(14)5-3-9)15-11-6-16-7-12(11)17-8/h2-5,8,11-13,15H,6-7H2,1H3/t8-,11+,12+,13+/m0/s1. The third-order valence-electron chi connectivity index (χ3n) is 3.51. The van der Waals surface area contributed by atoms with E-state index in [0.29, 0.717) is 6.04 Å². The lowest BCUT2D eigenvalue weighted by atomic mass is 9.98. The van der Waals surface area contributed by atoms with Gasteiger partial charge in [-0.25, -0.2) is 0 Å². The molecule has 3 nitrogen and oxygen atoms in total. The second-order valence-electron chi connectivity index (χ2n) is 4.72. The summed E-state index contributed by atoms with van der Waals surface area (Å²) < 4.78 is 12.6. The van der Waals surface area contributed by atoms with Crippen molar-refractivity contribution in [3.63, 3.8) is 0 Å². The molecule has 2 saturated heterocycles. The second-order valence-corrected chi connectivity index (χ2v) is 5.64. The Kier molecular flexibility index (Phi) is 3.21. The van der Waals surface area contributed by atoms with Crippen LogP contribution < -0.4 is 5.32 Å². The van der Waals surface area contributed by atoms with Crippen molar-refractivity contribution in [1.29, 1.82) is 0 Å². The van der Waals surface area contributed by atoms with Crippen molar-refractivity contribution in [2.24, 2.45) is 0 Å². The minimum atomic E-state index is 0.180. The molecular formula is C13H16BrNO2. The summed E-state index contributed by atoms with van der Waals surface area (Å²) in [7, 11) is 0. The monoisotopic (exact) mass is 297 g/mol. The largest absolute Gasteiger partial charge is 0.377 e. The van der Waals surface area contributed by atoms with Gasteiger partial charge in [0.05, 0.1) is 37.5 Å². The van der Waals surface area contributed by atoms with E-state index in [1.165, 1.54) is 5.56 Å². The van der Waals surface area contributed by atoms with Crippen molar-refractivity contribution in [2.75, 3.05) is 13.2 Å². The average Bonchev–Trinajstić information content (AvgIpc) is 2.76. The molecule has 0 saturated carbocycles. The molecular weight excluding hydrogens is 282 g/mol. The van der Waals surface area contributed by atoms with E-state index in [1.807, 2.05) is 0 Å². The molecule has 4 heteroatoms. The molecule has 0 aromatic heterocycles. The molecule has 0 radical (unpaired) electrons. The summed E-state index contributed by atoms with van der Waals surface area (Å²) in [6, 6.07) is 9.00. The summed E-state index contributed by atoms with van der Waals surface area (Å²) in [6.45, 7) is 3.59. The summed E-state index contributed by atoms with van der Waals surface area (Å²) >= 11 is 3.46. The number of nitrogens with one attached hydrogen (secondary N) is 1. The highest BCUT2D eigenvalue weighted by atomic mass is 79.9. The number of benzene rings is 1. The molecule has 0 bridgehead atoms. The molecule has 0 spiro atoms. The highest BCUT2D eigenvalue weighted by molar-refractivity contribution is 9.10. The van der Waals surface area contributed by atoms with E-state index in [-0.39, 0.29) is 18.2 Å². The Labute approximate surface area is 110 Å². The van der Waals surface area contributed by atoms with Crippen molar-refractivity contribution < 1.29 is 9.47 Å². The average molecular weight is 298 g/mol. The molecule has 0 amide bonds. The summed E-state index contributed by atoms with van der Waals surface area (Å²) in [4.78, 5) is 0. The Morgan fingerprint density at radius 2 is 2.00 bits per heavy atom. The van der Waals surface area contributed by atoms with Crippen molar-refractivity contribution >= 4 is 15.9 Å². The quantitative estimate of drug-likeness (QED) is 0.863. The molecule has 92 valence electrons. The number of halogens is 1. The zero-order valence-corrected chi connectivity index (χ0v) is 11.3. The minimum absolute atomic E-state index is 0.180. The molecule has 2 fully saturated rings. The van der Waals surface area contributed by atoms with Crippen molar-refractivity contribution in [2.45, 2.75) is 31.2 Å². The molecule has 3 rings (SSSR count). The number of ether oxygens (including phenoxy) is 2. The smallest absolute Gasteiger partial charge is 0.0988 e. The van der Waals surface area contributed by atoms with Crippen molar-refractivity contribution in [3.8, 4) is 0 Å². The number of morpholine rings is 1. The van der Waals surface area contributed by atoms with Gasteiger partial charge in [-0.2, -0.15) is 0 Å². The van der Waals surface area contributed by atoms with Crippen LogP contribution in [0.2, 0.25) is 0 Å². The number of hydrogen-bond donors (Lipinski definition) is 1. The Morgan fingerprint density at radius 1 is 1.24 bits per heavy atom. The van der Waals surface area contributed by atoms with Crippen molar-refractivity contribution in [1.82, 2.24) is 5.32 Å². The normalized spacial score (nSPS) is 36.8. The van der Waals surface area contributed by atoms with Gasteiger partial charge >= 0.3 is 0 Å². The van der Waals surface area contributed by atoms with Gasteiger partial charge in [-0.05, 0) is 24.6 Å². The van der Waals surface area contributed by atoms with Gasteiger partial charge < -0.3 is 14.8 Å². The Hall–Kier alpha value is -0.420. The third-order valence-corrected chi connectivity index (χ3v) is 4.04. The molecule has 17 heavy (non-hydrogen) atoms. The topological polar surface area (TPSA) is 30.5 Å². The van der Waals surface area contributed by atoms with E-state index in [0.717, 1.165) is 17.7 Å². The highest BCUT2D eigenvalue weighted by Gasteiger charge is 2.39. The van der Waals surface area contributed by atoms with Crippen LogP contribution in [0.25, 0.3) is 0 Å². The van der Waals surface area contributed by atoms with Crippen LogP contribution in [-0.4, -0.2) is 31.5 Å². The van der Waals surface area contributed by atoms with Crippen LogP contribution in [0.3, 0.4) is 0 Å². The van der Waals surface area contributed by atoms with E-state index in [9.17, 15) is 0 Å². The molecule has 2 aliphatic rings. The number of hydrogen-bond acceptors (Lipinski definition) is 3. The van der Waals surface area contributed by atoms with E-state index in [2.05, 4.69) is 52.4 Å². The van der Waals surface area contributed by atoms with Crippen LogP contribution >= 0.6 is 15.9 Å². The molecule has 0 aliphatic carbocycles. The van der Waals surface area contributed by atoms with Gasteiger partial charge in [0, 0.05) is 4.47 Å². The number of rotatable bonds is 1. The molecule has 1 N–H and O–H groups in total. The third kappa shape index (κ3) is 2.27. The molecule has 1 aromatic rings. The summed E-state index contributed by atoms with van der Waals surface area (Å²) in [5.74, 6) is 0. The predicted molar refractivity (Wildman–Crippen MR) is 69.0 cm³/mol. The molecule has 2 heterocycles. The summed E-state index contributed by atoms with van der Waals surface area (Å²) in [6.07, 6.45) is 0.399. The Bertz CT molecular complexity index is 395. The van der Waals surface area contributed by atoms with E-state index in [4.69, 9.17) is 9.47 Å². The summed E-state index contributed by atoms with van der Waals surface area (Å²) in [5.41, 5.74) is 1.27. The van der Waals surface area contributed by atoms with Crippen LogP contribution in [0, 0.1) is 0 Å². The van der Waals surface area contributed by atoms with Crippen LogP contribution in [0.4, 0.5) is 0 Å². The minimum Gasteiger partial charge on any atom is -0.377 e. The van der Waals surface area contributed by atoms with Crippen LogP contribution in [-0.2, 0) is 9.47 Å². The van der Waals surface area contributed by atoms with E-state index < -0.39 is 0 Å². The van der Waals surface area contributed by atoms with Gasteiger partial charge in [-0.3, -0.25) is 0 Å². The van der Waals surface area contributed by atoms with Crippen molar-refractivity contribution in [3.05, 3.63) is 34.3 Å². The lowest BCUT2D eigenvalue weighted by molar-refractivity contribution is -0.0658. The highest BCUT2D eigenvalue weighted by Crippen LogP contribution is 2.29. The fraction of sp³-hybridized carbons (Fsp3) is 0.538. The maximum Gasteiger partial charge on any atom is 0.0988 e. The van der Waals surface area contributed by atoms with Gasteiger partial charge in [-0.1, -0.05) is 28.1 Å². The molecule has 0 unspecified atom stereocenters. The zero-order chi connectivity index (χ0) is 11.8. The van der Waals surface area contributed by atoms with E-state index in [1.54, 1.807) is 0 Å². The number of fused-ring (bicyclic) bond motifs is 1. The molecule has 2 aliphatic heterocycles. The fourth-order valence-electron chi connectivity index (χ4n) is 2.58. The van der Waals surface area contributed by atoms with Crippen LogP contribution in [0.15, 0.2) is 28.7 Å². The maximum absolute atomic E-state index is 6.01. The lowest BCUT2D eigenvalue weighted by Gasteiger charge is -2.37. The Balaban J connectivity index is 1.80. The van der Waals surface area contributed by atoms with Gasteiger partial charge in [0.25, 0.3) is 0 Å². The first-order valence-corrected chi connectivity index (χ1v) is 6.78. The fourth-order valence-corrected chi connectivity index (χ4v) is 2.85. The van der Waals surface area contributed by atoms with E-state index >= 15 is 0 Å². The first-order valence-electron chi connectivity index (χ1n) is 5.99. The maximum atomic E-state index is 6.01. The first kappa shape index (κ1) is 11.7. The van der Waals surface area contributed by atoms with Crippen LogP contribution in [0.5, 0.6) is 0 Å². The van der Waals surface area contributed by atoms with Gasteiger partial charge in [0.1, 0.15) is 0 Å². The second kappa shape index (κ2) is 4.69. The molecule has 1 aromatic carbocycles. The van der Waals surface area contributed by atoms with Gasteiger partial charge in [-0.15, -0.1) is 0 Å². The molecule has 4 atom stereocenters. The predicted octanol–water partition coefficient (Wildman–Crippen LogP) is 2.27. The zero-order valence-electron chi connectivity index (χ0n) is 9.73.